The normalized spacial score (nSPS) is 13.0. The van der Waals surface area contributed by atoms with E-state index in [1.807, 2.05) is 0 Å². The van der Waals surface area contributed by atoms with Crippen molar-refractivity contribution in [2.24, 2.45) is 0 Å². The molecular weight excluding hydrogens is 567 g/mol. The Morgan fingerprint density at radius 3 is 1.72 bits per heavy atom. The van der Waals surface area contributed by atoms with Crippen molar-refractivity contribution in [3.8, 4) is 22.3 Å². The third-order valence-corrected chi connectivity index (χ3v) is 10.0. The zero-order chi connectivity index (χ0) is 30.9. The molecule has 2 heterocycles. The lowest BCUT2D eigenvalue weighted by molar-refractivity contribution is 1.28. The quantitative estimate of drug-likeness (QED) is 0.148. The highest BCUT2D eigenvalue weighted by atomic mass is 15.2. The smallest absolute Gasteiger partial charge is 0.333 e. The predicted molar refractivity (Wildman–Crippen MR) is 201 cm³/mol. The zero-order valence-electron chi connectivity index (χ0n) is 25.7. The molecule has 0 bridgehead atoms. The molecule has 0 N–H and O–H groups in total. The second kappa shape index (κ2) is 10.2. The van der Waals surface area contributed by atoms with E-state index in [0.29, 0.717) is 0 Å². The van der Waals surface area contributed by atoms with Gasteiger partial charge in [0.2, 0.25) is 0 Å². The Hall–Kier alpha value is -6.06. The van der Waals surface area contributed by atoms with Crippen LogP contribution in [0.5, 0.6) is 0 Å². The summed E-state index contributed by atoms with van der Waals surface area (Å²) in [7, 11) is 0. The maximum Gasteiger partial charge on any atom is 0.333 e. The average molecular weight is 597 g/mol. The first kappa shape index (κ1) is 26.2. The lowest BCUT2D eigenvalue weighted by Gasteiger charge is -2.46. The van der Waals surface area contributed by atoms with E-state index < -0.39 is 0 Å². The molecule has 0 atom stereocenters. The van der Waals surface area contributed by atoms with Crippen LogP contribution in [0.3, 0.4) is 0 Å². The van der Waals surface area contributed by atoms with Crippen LogP contribution in [0.4, 0.5) is 28.4 Å². The van der Waals surface area contributed by atoms with Crippen molar-refractivity contribution in [1.29, 1.82) is 0 Å². The predicted octanol–water partition coefficient (Wildman–Crippen LogP) is 10.4. The molecule has 0 radical (unpaired) electrons. The Labute approximate surface area is 274 Å². The summed E-state index contributed by atoms with van der Waals surface area (Å²) in [6.07, 6.45) is 0. The van der Waals surface area contributed by atoms with Gasteiger partial charge in [0.25, 0.3) is 0 Å². The van der Waals surface area contributed by atoms with Gasteiger partial charge in [-0.25, -0.2) is 0 Å². The fourth-order valence-corrected chi connectivity index (χ4v) is 8.17. The highest BCUT2D eigenvalue weighted by Crippen LogP contribution is 2.51. The summed E-state index contributed by atoms with van der Waals surface area (Å²) in [5, 5.41) is 5.03. The van der Waals surface area contributed by atoms with Crippen LogP contribution in [0.2, 0.25) is 0 Å². The Kier molecular flexibility index (Phi) is 5.70. The SMILES string of the molecule is c1ccc(-c2c(N3c4ccccc4B4c5c(cccc53)-c3ccccc3N4c3ccccc3)c3ccccc3c3ccccc23)cc1. The van der Waals surface area contributed by atoms with E-state index >= 15 is 0 Å². The second-order valence-corrected chi connectivity index (χ2v) is 12.4. The second-order valence-electron chi connectivity index (χ2n) is 12.4. The Morgan fingerprint density at radius 2 is 0.936 bits per heavy atom. The van der Waals surface area contributed by atoms with Crippen LogP contribution in [-0.4, -0.2) is 6.85 Å². The minimum absolute atomic E-state index is 0.0119. The number of benzene rings is 8. The molecule has 0 spiro atoms. The highest BCUT2D eigenvalue weighted by molar-refractivity contribution is 6.93. The van der Waals surface area contributed by atoms with Crippen LogP contribution in [0.1, 0.15) is 0 Å². The van der Waals surface area contributed by atoms with Crippen LogP contribution in [0, 0.1) is 0 Å². The summed E-state index contributed by atoms with van der Waals surface area (Å²) in [6.45, 7) is 0.0119. The molecule has 0 fully saturated rings. The number of fused-ring (bicyclic) bond motifs is 7. The number of rotatable bonds is 3. The summed E-state index contributed by atoms with van der Waals surface area (Å²) in [5.74, 6) is 0. The summed E-state index contributed by atoms with van der Waals surface area (Å²) < 4.78 is 0. The van der Waals surface area contributed by atoms with Crippen LogP contribution < -0.4 is 20.6 Å². The van der Waals surface area contributed by atoms with E-state index in [1.54, 1.807) is 0 Å². The molecule has 218 valence electrons. The number of para-hydroxylation sites is 3. The number of hydrogen-bond donors (Lipinski definition) is 0. The van der Waals surface area contributed by atoms with E-state index in [9.17, 15) is 0 Å². The number of nitrogens with zero attached hydrogens (tertiary/aromatic N) is 2. The molecule has 47 heavy (non-hydrogen) atoms. The molecule has 8 aromatic rings. The largest absolute Gasteiger partial charge is 0.376 e. The maximum atomic E-state index is 2.57. The summed E-state index contributed by atoms with van der Waals surface area (Å²) in [6, 6.07) is 64.4. The maximum absolute atomic E-state index is 2.57. The van der Waals surface area contributed by atoms with Gasteiger partial charge in [-0.05, 0) is 68.5 Å². The molecule has 0 amide bonds. The van der Waals surface area contributed by atoms with Crippen molar-refractivity contribution >= 4 is 67.8 Å². The molecule has 0 saturated carbocycles. The van der Waals surface area contributed by atoms with Crippen molar-refractivity contribution < 1.29 is 0 Å². The first-order valence-electron chi connectivity index (χ1n) is 16.3. The van der Waals surface area contributed by atoms with Gasteiger partial charge >= 0.3 is 6.85 Å². The van der Waals surface area contributed by atoms with Gasteiger partial charge < -0.3 is 9.71 Å². The average Bonchev–Trinajstić information content (AvgIpc) is 3.15. The van der Waals surface area contributed by atoms with Gasteiger partial charge in [0.05, 0.1) is 5.69 Å². The van der Waals surface area contributed by atoms with Crippen LogP contribution in [0.25, 0.3) is 43.8 Å². The van der Waals surface area contributed by atoms with E-state index in [4.69, 9.17) is 0 Å². The summed E-state index contributed by atoms with van der Waals surface area (Å²) in [4.78, 5) is 5.12. The minimum Gasteiger partial charge on any atom is -0.376 e. The molecule has 0 saturated heterocycles. The molecule has 2 nitrogen and oxygen atoms in total. The Balaban J connectivity index is 1.37. The fourth-order valence-electron chi connectivity index (χ4n) is 8.17. The molecule has 0 unspecified atom stereocenters. The number of hydrogen-bond acceptors (Lipinski definition) is 2. The Bertz CT molecular complexity index is 2490. The van der Waals surface area contributed by atoms with E-state index in [2.05, 4.69) is 186 Å². The van der Waals surface area contributed by atoms with Crippen LogP contribution in [0.15, 0.2) is 176 Å². The molecule has 0 aliphatic carbocycles. The molecule has 2 aliphatic rings. The van der Waals surface area contributed by atoms with Crippen molar-refractivity contribution in [3.63, 3.8) is 0 Å². The van der Waals surface area contributed by atoms with Crippen LogP contribution in [-0.2, 0) is 0 Å². The van der Waals surface area contributed by atoms with Crippen molar-refractivity contribution in [3.05, 3.63) is 176 Å². The standard InChI is InChI=1S/C44H29BN2/c1-3-16-30(17-4-1)42-35-23-9-7-20-32(35)33-21-8-10-24-37(33)44(42)46-40-28-14-12-26-38(40)45-43-36(25-15-29-41(43)46)34-22-11-13-27-39(34)47(45)31-18-5-2-6-19-31/h1-29H. The molecule has 3 heteroatoms. The van der Waals surface area contributed by atoms with Crippen molar-refractivity contribution in [1.82, 2.24) is 0 Å². The van der Waals surface area contributed by atoms with Crippen molar-refractivity contribution in [2.45, 2.75) is 0 Å². The topological polar surface area (TPSA) is 6.48 Å². The van der Waals surface area contributed by atoms with Gasteiger partial charge in [-0.15, -0.1) is 0 Å². The molecule has 8 aromatic carbocycles. The van der Waals surface area contributed by atoms with Crippen molar-refractivity contribution in [2.75, 3.05) is 9.71 Å². The molecule has 0 aromatic heterocycles. The third-order valence-electron chi connectivity index (χ3n) is 10.0. The van der Waals surface area contributed by atoms with Crippen LogP contribution >= 0.6 is 0 Å². The van der Waals surface area contributed by atoms with Gasteiger partial charge in [-0.2, -0.15) is 0 Å². The van der Waals surface area contributed by atoms with Gasteiger partial charge in [-0.1, -0.05) is 146 Å². The van der Waals surface area contributed by atoms with E-state index in [0.717, 1.165) is 0 Å². The molecule has 2 aliphatic heterocycles. The lowest BCUT2D eigenvalue weighted by Crippen LogP contribution is -2.61. The van der Waals surface area contributed by atoms with Gasteiger partial charge in [0.1, 0.15) is 0 Å². The van der Waals surface area contributed by atoms with E-state index in [1.165, 1.54) is 83.2 Å². The molecule has 10 rings (SSSR count). The monoisotopic (exact) mass is 596 g/mol. The lowest BCUT2D eigenvalue weighted by atomic mass is 9.43. The Morgan fingerprint density at radius 1 is 0.383 bits per heavy atom. The third kappa shape index (κ3) is 3.74. The highest BCUT2D eigenvalue weighted by Gasteiger charge is 2.45. The van der Waals surface area contributed by atoms with Gasteiger partial charge in [0, 0.05) is 39.3 Å². The molecular formula is C44H29BN2. The fraction of sp³-hybridized carbons (Fsp3) is 0. The number of anilines is 5. The summed E-state index contributed by atoms with van der Waals surface area (Å²) >= 11 is 0. The summed E-state index contributed by atoms with van der Waals surface area (Å²) in [5.41, 5.74) is 13.7. The first-order chi connectivity index (χ1) is 23.4. The minimum atomic E-state index is 0.0119. The van der Waals surface area contributed by atoms with E-state index in [-0.39, 0.29) is 6.85 Å². The zero-order valence-corrected chi connectivity index (χ0v) is 25.7. The van der Waals surface area contributed by atoms with Gasteiger partial charge in [-0.3, -0.25) is 0 Å². The first-order valence-corrected chi connectivity index (χ1v) is 16.3. The van der Waals surface area contributed by atoms with Gasteiger partial charge in [0.15, 0.2) is 0 Å².